The van der Waals surface area contributed by atoms with Crippen LogP contribution in [0.3, 0.4) is 0 Å². The second kappa shape index (κ2) is 13.5. The zero-order valence-corrected chi connectivity index (χ0v) is 23.2. The summed E-state index contributed by atoms with van der Waals surface area (Å²) in [5.74, 6) is -3.04. The molecule has 11 heteroatoms. The van der Waals surface area contributed by atoms with Crippen molar-refractivity contribution >= 4 is 39.1 Å². The Kier molecular flexibility index (Phi) is 10.4. The minimum atomic E-state index is -3.86. The van der Waals surface area contributed by atoms with Crippen LogP contribution in [0.5, 0.6) is 0 Å². The molecule has 0 fully saturated rings. The second-order valence-corrected chi connectivity index (χ2v) is 11.3. The van der Waals surface area contributed by atoms with Crippen molar-refractivity contribution in [3.05, 3.63) is 101 Å². The van der Waals surface area contributed by atoms with Crippen molar-refractivity contribution in [2.24, 2.45) is 0 Å². The van der Waals surface area contributed by atoms with E-state index in [-0.39, 0.29) is 43.9 Å². The van der Waals surface area contributed by atoms with Crippen LogP contribution in [0.2, 0.25) is 5.02 Å². The van der Waals surface area contributed by atoms with Crippen LogP contribution < -0.4 is 9.62 Å². The Balaban J connectivity index is 1.86. The highest BCUT2D eigenvalue weighted by Crippen LogP contribution is 2.23. The summed E-state index contributed by atoms with van der Waals surface area (Å²) in [7, 11) is -2.37. The maximum Gasteiger partial charge on any atom is 0.242 e. The van der Waals surface area contributed by atoms with E-state index in [0.29, 0.717) is 10.6 Å². The predicted molar refractivity (Wildman–Crippen MR) is 148 cm³/mol. The zero-order chi connectivity index (χ0) is 28.6. The maximum absolute atomic E-state index is 13.8. The molecule has 0 aliphatic carbocycles. The van der Waals surface area contributed by atoms with Crippen LogP contribution in [0.4, 0.5) is 14.5 Å². The van der Waals surface area contributed by atoms with E-state index < -0.39 is 33.6 Å². The van der Waals surface area contributed by atoms with Crippen LogP contribution in [0.25, 0.3) is 0 Å². The van der Waals surface area contributed by atoms with Gasteiger partial charge in [-0.2, -0.15) is 0 Å². The van der Waals surface area contributed by atoms with E-state index in [0.717, 1.165) is 34.3 Å². The van der Waals surface area contributed by atoms with Crippen molar-refractivity contribution in [2.45, 2.75) is 31.8 Å². The lowest BCUT2D eigenvalue weighted by Gasteiger charge is -2.32. The van der Waals surface area contributed by atoms with Gasteiger partial charge in [-0.1, -0.05) is 60.1 Å². The number of nitrogens with one attached hydrogen (secondary N) is 1. The van der Waals surface area contributed by atoms with Gasteiger partial charge in [0.1, 0.15) is 6.04 Å². The number of anilines is 1. The molecule has 39 heavy (non-hydrogen) atoms. The predicted octanol–water partition coefficient (Wildman–Crippen LogP) is 4.55. The van der Waals surface area contributed by atoms with Gasteiger partial charge in [0, 0.05) is 44.1 Å². The molecule has 0 aliphatic heterocycles. The number of benzene rings is 3. The molecule has 0 radical (unpaired) electrons. The normalized spacial score (nSPS) is 12.0. The Morgan fingerprint density at radius 3 is 2.26 bits per heavy atom. The van der Waals surface area contributed by atoms with Crippen LogP contribution in [-0.4, -0.2) is 51.0 Å². The molecule has 7 nitrogen and oxygen atoms in total. The molecule has 0 heterocycles. The molecule has 2 amide bonds. The monoisotopic (exact) mass is 577 g/mol. The molecule has 3 aromatic carbocycles. The first kappa shape index (κ1) is 30.0. The summed E-state index contributed by atoms with van der Waals surface area (Å²) in [4.78, 5) is 28.0. The molecule has 0 spiro atoms. The smallest absolute Gasteiger partial charge is 0.242 e. The maximum atomic E-state index is 13.8. The van der Waals surface area contributed by atoms with Crippen LogP contribution >= 0.6 is 11.6 Å². The van der Waals surface area contributed by atoms with Crippen molar-refractivity contribution in [1.29, 1.82) is 0 Å². The first-order valence-electron chi connectivity index (χ1n) is 12.2. The number of rotatable bonds is 12. The lowest BCUT2D eigenvalue weighted by Crippen LogP contribution is -2.49. The third-order valence-corrected chi connectivity index (χ3v) is 7.72. The molecule has 0 unspecified atom stereocenters. The standard InChI is InChI=1S/C28H30ClF2N3O4S/c1-32-28(36)26(17-20-9-4-3-5-10-20)33(19-21-11-6-7-12-23(21)29)27(35)13-8-16-34(39(2,37)38)22-14-15-24(30)25(31)18-22/h3-7,9-12,14-15,18,26H,8,13,16-17,19H2,1-2H3,(H,32,36)/t26-/m0/s1. The zero-order valence-electron chi connectivity index (χ0n) is 21.6. The molecule has 208 valence electrons. The summed E-state index contributed by atoms with van der Waals surface area (Å²) in [6, 6.07) is 18.2. The first-order valence-corrected chi connectivity index (χ1v) is 14.4. The fourth-order valence-electron chi connectivity index (χ4n) is 4.17. The molecule has 3 rings (SSSR count). The number of carbonyl (C=O) groups is 2. The third kappa shape index (κ3) is 8.24. The Bertz CT molecular complexity index is 1410. The molecule has 0 aromatic heterocycles. The number of halogens is 3. The Hall–Kier alpha value is -3.50. The van der Waals surface area contributed by atoms with E-state index in [9.17, 15) is 26.8 Å². The van der Waals surface area contributed by atoms with Crippen LogP contribution in [-0.2, 0) is 32.6 Å². The Morgan fingerprint density at radius 2 is 1.64 bits per heavy atom. The summed E-state index contributed by atoms with van der Waals surface area (Å²) in [5.41, 5.74) is 1.45. The van der Waals surface area contributed by atoms with E-state index in [1.54, 1.807) is 24.3 Å². The lowest BCUT2D eigenvalue weighted by molar-refractivity contribution is -0.141. The second-order valence-electron chi connectivity index (χ2n) is 8.97. The van der Waals surface area contributed by atoms with Crippen molar-refractivity contribution in [3.8, 4) is 0 Å². The molecular formula is C28H30ClF2N3O4S. The molecular weight excluding hydrogens is 548 g/mol. The highest BCUT2D eigenvalue weighted by Gasteiger charge is 2.30. The number of amides is 2. The SMILES string of the molecule is CNC(=O)[C@H](Cc1ccccc1)N(Cc1ccccc1Cl)C(=O)CCCN(c1ccc(F)c(F)c1)S(C)(=O)=O. The fraction of sp³-hybridized carbons (Fsp3) is 0.286. The van der Waals surface area contributed by atoms with Crippen molar-refractivity contribution in [3.63, 3.8) is 0 Å². The van der Waals surface area contributed by atoms with Crippen molar-refractivity contribution < 1.29 is 26.8 Å². The highest BCUT2D eigenvalue weighted by atomic mass is 35.5. The van der Waals surface area contributed by atoms with Crippen molar-refractivity contribution in [1.82, 2.24) is 10.2 Å². The minimum absolute atomic E-state index is 0.0518. The van der Waals surface area contributed by atoms with Crippen LogP contribution in [0, 0.1) is 11.6 Å². The van der Waals surface area contributed by atoms with Gasteiger partial charge in [0.25, 0.3) is 0 Å². The first-order chi connectivity index (χ1) is 18.5. The quantitative estimate of drug-likeness (QED) is 0.342. The Morgan fingerprint density at radius 1 is 0.974 bits per heavy atom. The number of hydrogen-bond acceptors (Lipinski definition) is 4. The van der Waals surface area contributed by atoms with Gasteiger partial charge in [-0.15, -0.1) is 0 Å². The van der Waals surface area contributed by atoms with E-state index >= 15 is 0 Å². The van der Waals surface area contributed by atoms with Gasteiger partial charge in [-0.05, 0) is 35.7 Å². The average Bonchev–Trinajstić information content (AvgIpc) is 2.90. The van der Waals surface area contributed by atoms with Gasteiger partial charge in [0.15, 0.2) is 11.6 Å². The van der Waals surface area contributed by atoms with Gasteiger partial charge in [-0.3, -0.25) is 13.9 Å². The topological polar surface area (TPSA) is 86.8 Å². The number of carbonyl (C=O) groups excluding carboxylic acids is 2. The average molecular weight is 578 g/mol. The molecule has 0 aliphatic rings. The van der Waals surface area contributed by atoms with Crippen LogP contribution in [0.15, 0.2) is 72.8 Å². The van der Waals surface area contributed by atoms with E-state index in [2.05, 4.69) is 5.32 Å². The summed E-state index contributed by atoms with van der Waals surface area (Å²) in [6.45, 7) is -0.0959. The molecule has 3 aromatic rings. The van der Waals surface area contributed by atoms with Crippen molar-refractivity contribution in [2.75, 3.05) is 24.2 Å². The number of likely N-dealkylation sites (N-methyl/N-ethyl adjacent to an activating group) is 1. The van der Waals surface area contributed by atoms with Gasteiger partial charge in [0.05, 0.1) is 11.9 Å². The van der Waals surface area contributed by atoms with Gasteiger partial charge in [-0.25, -0.2) is 17.2 Å². The summed E-state index contributed by atoms with van der Waals surface area (Å²) < 4.78 is 52.9. The summed E-state index contributed by atoms with van der Waals surface area (Å²) >= 11 is 6.37. The van der Waals surface area contributed by atoms with Gasteiger partial charge < -0.3 is 10.2 Å². The molecule has 0 saturated heterocycles. The third-order valence-electron chi connectivity index (χ3n) is 6.16. The molecule has 0 saturated carbocycles. The number of sulfonamides is 1. The van der Waals surface area contributed by atoms with Gasteiger partial charge >= 0.3 is 0 Å². The summed E-state index contributed by atoms with van der Waals surface area (Å²) in [5, 5.41) is 3.06. The van der Waals surface area contributed by atoms with Gasteiger partial charge in [0.2, 0.25) is 21.8 Å². The molecule has 1 N–H and O–H groups in total. The van der Waals surface area contributed by atoms with Crippen LogP contribution in [0.1, 0.15) is 24.0 Å². The van der Waals surface area contributed by atoms with E-state index in [1.807, 2.05) is 30.3 Å². The molecule has 0 bridgehead atoms. The fourth-order valence-corrected chi connectivity index (χ4v) is 5.33. The number of hydrogen-bond donors (Lipinski definition) is 1. The van der Waals surface area contributed by atoms with E-state index in [1.165, 1.54) is 11.9 Å². The largest absolute Gasteiger partial charge is 0.357 e. The molecule has 1 atom stereocenters. The Labute approximate surface area is 232 Å². The number of nitrogens with zero attached hydrogens (tertiary/aromatic N) is 2. The lowest BCUT2D eigenvalue weighted by atomic mass is 10.0. The minimum Gasteiger partial charge on any atom is -0.357 e. The summed E-state index contributed by atoms with van der Waals surface area (Å²) in [6.07, 6.45) is 1.15. The van der Waals surface area contributed by atoms with E-state index in [4.69, 9.17) is 11.6 Å². The highest BCUT2D eigenvalue weighted by molar-refractivity contribution is 7.92.